The fraction of sp³-hybridized carbons (Fsp3) is 0.143. The smallest absolute Gasteiger partial charge is 0.430 e. The standard InChI is InChI=1S/C12H9N5O2.C2HF3O2/c18-11(19)7-16-5-2-9(3-6-16)10-1-4-13-12-14-8-15-17(10)12;3-2(4,5)1(6)7/h1-6,8H,7H2;(H,6,7). The molecule has 3 rings (SSSR count). The normalized spacial score (nSPS) is 10.9. The molecule has 3 aromatic heterocycles. The minimum atomic E-state index is -5.19. The van der Waals surface area contributed by atoms with E-state index in [2.05, 4.69) is 15.1 Å². The van der Waals surface area contributed by atoms with Gasteiger partial charge in [-0.25, -0.2) is 9.78 Å². The number of rotatable bonds is 3. The van der Waals surface area contributed by atoms with Gasteiger partial charge in [-0.2, -0.15) is 32.3 Å². The lowest BCUT2D eigenvalue weighted by molar-refractivity contribution is -0.685. The molecule has 0 saturated heterocycles. The number of aliphatic carboxylic acids is 2. The highest BCUT2D eigenvalue weighted by atomic mass is 19.4. The van der Waals surface area contributed by atoms with E-state index < -0.39 is 18.1 Å². The lowest BCUT2D eigenvalue weighted by Crippen LogP contribution is -2.37. The average molecular weight is 369 g/mol. The van der Waals surface area contributed by atoms with Crippen LogP contribution in [-0.2, 0) is 16.1 Å². The lowest BCUT2D eigenvalue weighted by Gasteiger charge is -2.03. The Balaban J connectivity index is 0.000000298. The zero-order valence-electron chi connectivity index (χ0n) is 12.8. The van der Waals surface area contributed by atoms with Gasteiger partial charge in [0, 0.05) is 23.9 Å². The predicted molar refractivity (Wildman–Crippen MR) is 75.1 cm³/mol. The average Bonchev–Trinajstić information content (AvgIpc) is 3.03. The molecule has 0 bridgehead atoms. The highest BCUT2D eigenvalue weighted by molar-refractivity contribution is 5.70. The summed E-state index contributed by atoms with van der Waals surface area (Å²) in [5, 5.41) is 21.6. The van der Waals surface area contributed by atoms with E-state index in [4.69, 9.17) is 15.0 Å². The molecule has 0 unspecified atom stereocenters. The number of carboxylic acids is 2. The topological polar surface area (TPSA) is 124 Å². The first kappa shape index (κ1) is 18.8. The fourth-order valence-electron chi connectivity index (χ4n) is 1.85. The van der Waals surface area contributed by atoms with Gasteiger partial charge in [-0.1, -0.05) is 0 Å². The van der Waals surface area contributed by atoms with Crippen LogP contribution in [0.1, 0.15) is 0 Å². The summed E-state index contributed by atoms with van der Waals surface area (Å²) in [6.45, 7) is -0.0602. The molecule has 26 heavy (non-hydrogen) atoms. The summed E-state index contributed by atoms with van der Waals surface area (Å²) in [6.07, 6.45) is 1.34. The molecule has 3 aromatic rings. The van der Waals surface area contributed by atoms with Crippen LogP contribution in [-0.4, -0.2) is 42.8 Å². The Morgan fingerprint density at radius 1 is 1.19 bits per heavy atom. The van der Waals surface area contributed by atoms with Gasteiger partial charge in [0.25, 0.3) is 5.78 Å². The van der Waals surface area contributed by atoms with Crippen molar-refractivity contribution in [3.05, 3.63) is 43.1 Å². The first-order valence-electron chi connectivity index (χ1n) is 6.82. The third kappa shape index (κ3) is 4.72. The molecule has 0 amide bonds. The van der Waals surface area contributed by atoms with E-state index in [0.717, 1.165) is 11.3 Å². The van der Waals surface area contributed by atoms with E-state index in [1.165, 1.54) is 6.33 Å². The van der Waals surface area contributed by atoms with Gasteiger partial charge in [0.15, 0.2) is 12.4 Å². The molecule has 0 aliphatic rings. The van der Waals surface area contributed by atoms with E-state index in [1.54, 1.807) is 27.7 Å². The fourth-order valence-corrected chi connectivity index (χ4v) is 1.85. The molecule has 0 saturated carbocycles. The minimum absolute atomic E-state index is 0.0602. The predicted octanol–water partition coefficient (Wildman–Crippen LogP) is -0.538. The maximum Gasteiger partial charge on any atom is 0.430 e. The van der Waals surface area contributed by atoms with Crippen LogP contribution in [0.4, 0.5) is 13.2 Å². The van der Waals surface area contributed by atoms with Gasteiger partial charge in [-0.3, -0.25) is 0 Å². The molecule has 136 valence electrons. The van der Waals surface area contributed by atoms with Crippen LogP contribution in [0.25, 0.3) is 17.0 Å². The number of carboxylic acid groups (broad SMARTS) is 2. The Hall–Kier alpha value is -3.57. The Bertz CT molecular complexity index is 924. The van der Waals surface area contributed by atoms with E-state index in [1.807, 2.05) is 18.2 Å². The molecule has 12 heteroatoms. The number of alkyl halides is 3. The molecule has 0 aliphatic carbocycles. The number of hydrogen-bond donors (Lipinski definition) is 1. The summed E-state index contributed by atoms with van der Waals surface area (Å²) in [5.74, 6) is -3.35. The van der Waals surface area contributed by atoms with Crippen molar-refractivity contribution >= 4 is 17.7 Å². The van der Waals surface area contributed by atoms with Crippen molar-refractivity contribution < 1.29 is 37.5 Å². The van der Waals surface area contributed by atoms with E-state index in [0.29, 0.717) is 5.78 Å². The summed E-state index contributed by atoms with van der Waals surface area (Å²) in [6, 6.07) is 5.50. The third-order valence-electron chi connectivity index (χ3n) is 2.92. The van der Waals surface area contributed by atoms with Crippen molar-refractivity contribution in [1.82, 2.24) is 19.6 Å². The van der Waals surface area contributed by atoms with Crippen molar-refractivity contribution in [1.29, 1.82) is 0 Å². The number of fused-ring (bicyclic) bond motifs is 1. The van der Waals surface area contributed by atoms with Gasteiger partial charge in [0.05, 0.1) is 5.69 Å². The van der Waals surface area contributed by atoms with Crippen molar-refractivity contribution in [2.75, 3.05) is 0 Å². The zero-order chi connectivity index (χ0) is 19.3. The molecule has 0 aromatic carbocycles. The molecular formula is C14H10F3N5O4. The van der Waals surface area contributed by atoms with Gasteiger partial charge in [-0.05, 0) is 6.07 Å². The quantitative estimate of drug-likeness (QED) is 0.615. The van der Waals surface area contributed by atoms with Crippen LogP contribution in [0.5, 0.6) is 0 Å². The Morgan fingerprint density at radius 2 is 1.81 bits per heavy atom. The summed E-state index contributed by atoms with van der Waals surface area (Å²) in [4.78, 5) is 27.5. The van der Waals surface area contributed by atoms with Crippen LogP contribution >= 0.6 is 0 Å². The zero-order valence-corrected chi connectivity index (χ0v) is 12.8. The van der Waals surface area contributed by atoms with Crippen molar-refractivity contribution in [3.8, 4) is 11.3 Å². The minimum Gasteiger partial charge on any atom is -0.542 e. The summed E-state index contributed by atoms with van der Waals surface area (Å²) in [7, 11) is 0. The number of carbonyl (C=O) groups excluding carboxylic acids is 1. The highest BCUT2D eigenvalue weighted by Gasteiger charge is 2.28. The van der Waals surface area contributed by atoms with Crippen LogP contribution in [0.2, 0.25) is 0 Å². The molecule has 0 spiro atoms. The molecule has 0 fully saturated rings. The number of carbonyl (C=O) groups is 2. The van der Waals surface area contributed by atoms with Crippen LogP contribution < -0.4 is 9.67 Å². The summed E-state index contributed by atoms with van der Waals surface area (Å²) in [5.41, 5.74) is 1.77. The second-order valence-corrected chi connectivity index (χ2v) is 4.74. The summed E-state index contributed by atoms with van der Waals surface area (Å²) >= 11 is 0. The third-order valence-corrected chi connectivity index (χ3v) is 2.92. The Kier molecular flexibility index (Phi) is 5.45. The first-order chi connectivity index (χ1) is 12.2. The molecule has 0 atom stereocenters. The second kappa shape index (κ2) is 7.55. The van der Waals surface area contributed by atoms with Gasteiger partial charge in [0.2, 0.25) is 6.54 Å². The largest absolute Gasteiger partial charge is 0.542 e. The number of aromatic nitrogens is 5. The summed E-state index contributed by atoms with van der Waals surface area (Å²) < 4.78 is 34.8. The van der Waals surface area contributed by atoms with Crippen LogP contribution in [0.15, 0.2) is 43.1 Å². The number of hydrogen-bond acceptors (Lipinski definition) is 6. The van der Waals surface area contributed by atoms with E-state index >= 15 is 0 Å². The maximum absolute atomic E-state index is 10.6. The molecule has 1 N–H and O–H groups in total. The highest BCUT2D eigenvalue weighted by Crippen LogP contribution is 2.16. The van der Waals surface area contributed by atoms with Gasteiger partial charge in [0.1, 0.15) is 12.3 Å². The Morgan fingerprint density at radius 3 is 2.35 bits per heavy atom. The second-order valence-electron chi connectivity index (χ2n) is 4.74. The van der Waals surface area contributed by atoms with Crippen molar-refractivity contribution in [2.24, 2.45) is 0 Å². The number of halogens is 3. The molecular weight excluding hydrogens is 359 g/mol. The molecule has 9 nitrogen and oxygen atoms in total. The SMILES string of the molecule is O=C(O)C[n+]1ccc(-c2ccnc3ncnn23)cc1.O=C([O-])C(F)(F)F. The Labute approximate surface area is 143 Å². The monoisotopic (exact) mass is 369 g/mol. The maximum atomic E-state index is 10.6. The lowest BCUT2D eigenvalue weighted by atomic mass is 10.2. The first-order valence-corrected chi connectivity index (χ1v) is 6.82. The number of pyridine rings is 1. The van der Waals surface area contributed by atoms with Crippen molar-refractivity contribution in [3.63, 3.8) is 0 Å². The molecule has 3 heterocycles. The van der Waals surface area contributed by atoms with Gasteiger partial charge < -0.3 is 15.0 Å². The van der Waals surface area contributed by atoms with Crippen molar-refractivity contribution in [2.45, 2.75) is 12.7 Å². The van der Waals surface area contributed by atoms with Gasteiger partial charge >= 0.3 is 12.1 Å². The molecule has 0 radical (unpaired) electrons. The van der Waals surface area contributed by atoms with E-state index in [-0.39, 0.29) is 6.54 Å². The molecule has 0 aliphatic heterocycles. The van der Waals surface area contributed by atoms with E-state index in [9.17, 15) is 18.0 Å². The number of nitrogens with zero attached hydrogens (tertiary/aromatic N) is 5. The van der Waals surface area contributed by atoms with Crippen LogP contribution in [0.3, 0.4) is 0 Å². The van der Waals surface area contributed by atoms with Gasteiger partial charge in [-0.15, -0.1) is 0 Å². The van der Waals surface area contributed by atoms with Crippen LogP contribution in [0, 0.1) is 0 Å².